The summed E-state index contributed by atoms with van der Waals surface area (Å²) in [7, 11) is 0. The van der Waals surface area contributed by atoms with Gasteiger partial charge in [0.05, 0.1) is 0 Å². The molecule has 1 N–H and O–H groups in total. The largest absolute Gasteiger partial charge is 0.380 e. The topological polar surface area (TPSA) is 20.2 Å². The first kappa shape index (κ1) is 19.6. The van der Waals surface area contributed by atoms with Gasteiger partial charge in [0, 0.05) is 10.4 Å². The maximum atomic E-state index is 12.1. The van der Waals surface area contributed by atoms with E-state index in [9.17, 15) is 5.11 Å². The normalized spacial score (nSPS) is 12.5. The van der Waals surface area contributed by atoms with E-state index in [1.165, 1.54) is 11.1 Å². The second-order valence-electron chi connectivity index (χ2n) is 7.31. The van der Waals surface area contributed by atoms with Crippen LogP contribution in [0, 0.1) is 0 Å². The molecule has 2 heteroatoms. The molecule has 0 aliphatic rings. The van der Waals surface area contributed by atoms with Crippen LogP contribution in [0.3, 0.4) is 0 Å². The van der Waals surface area contributed by atoms with E-state index in [0.717, 1.165) is 15.6 Å². The van der Waals surface area contributed by atoms with Crippen molar-refractivity contribution in [1.82, 2.24) is 0 Å². The van der Waals surface area contributed by atoms with Gasteiger partial charge in [-0.05, 0) is 40.8 Å². The Morgan fingerprint density at radius 1 is 0.586 bits per heavy atom. The maximum Gasteiger partial charge on any atom is 0.115 e. The zero-order valence-corrected chi connectivity index (χ0v) is 17.7. The van der Waals surface area contributed by atoms with Crippen LogP contribution in [0.5, 0.6) is 0 Å². The van der Waals surface area contributed by atoms with Gasteiger partial charge in [-0.3, -0.25) is 0 Å². The molecule has 0 saturated carbocycles. The molecule has 1 nitrogen and oxygen atoms in total. The van der Waals surface area contributed by atoms with Crippen LogP contribution in [0.2, 0.25) is 0 Å². The minimum absolute atomic E-state index is 0.0507. The minimum atomic E-state index is -1.10. The molecule has 4 rings (SSSR count). The first-order valence-corrected chi connectivity index (χ1v) is 10.6. The molecule has 0 aliphatic carbocycles. The molecular weight excluding hydrogens is 420 g/mol. The molecule has 0 aromatic heterocycles. The smallest absolute Gasteiger partial charge is 0.115 e. The second-order valence-corrected chi connectivity index (χ2v) is 8.23. The Kier molecular flexibility index (Phi) is 5.94. The highest BCUT2D eigenvalue weighted by atomic mass is 79.9. The van der Waals surface area contributed by atoms with Crippen molar-refractivity contribution in [3.63, 3.8) is 0 Å². The summed E-state index contributed by atoms with van der Waals surface area (Å²) in [5.41, 5.74) is 3.09. The molecule has 1 atom stereocenters. The van der Waals surface area contributed by atoms with E-state index < -0.39 is 5.60 Å². The molecule has 29 heavy (non-hydrogen) atoms. The standard InChI is InChI=1S/C27H23BrO/c28-25-18-16-22(17-19-25)26(21-10-4-1-5-11-21)20-27(29,23-12-6-2-7-13-23)24-14-8-3-9-15-24/h1-19,26,29H,20H2. The summed E-state index contributed by atoms with van der Waals surface area (Å²) in [6, 6.07) is 38.8. The third-order valence-electron chi connectivity index (χ3n) is 5.48. The Hall–Kier alpha value is -2.68. The third-order valence-corrected chi connectivity index (χ3v) is 6.01. The van der Waals surface area contributed by atoms with Crippen LogP contribution in [-0.4, -0.2) is 5.11 Å². The van der Waals surface area contributed by atoms with Gasteiger partial charge >= 0.3 is 0 Å². The van der Waals surface area contributed by atoms with Crippen molar-refractivity contribution in [2.75, 3.05) is 0 Å². The first-order chi connectivity index (χ1) is 14.2. The number of hydrogen-bond donors (Lipinski definition) is 1. The van der Waals surface area contributed by atoms with Crippen molar-refractivity contribution < 1.29 is 5.11 Å². The fraction of sp³-hybridized carbons (Fsp3) is 0.111. The minimum Gasteiger partial charge on any atom is -0.380 e. The Morgan fingerprint density at radius 3 is 1.48 bits per heavy atom. The van der Waals surface area contributed by atoms with Crippen LogP contribution < -0.4 is 0 Å². The van der Waals surface area contributed by atoms with Crippen molar-refractivity contribution in [3.05, 3.63) is 142 Å². The zero-order chi connectivity index (χ0) is 20.1. The lowest BCUT2D eigenvalue weighted by Gasteiger charge is -2.34. The predicted octanol–water partition coefficient (Wildman–Crippen LogP) is 6.91. The van der Waals surface area contributed by atoms with Crippen molar-refractivity contribution in [3.8, 4) is 0 Å². The van der Waals surface area contributed by atoms with Gasteiger partial charge in [-0.2, -0.15) is 0 Å². The molecule has 1 unspecified atom stereocenters. The van der Waals surface area contributed by atoms with E-state index in [1.54, 1.807) is 0 Å². The number of benzene rings is 4. The van der Waals surface area contributed by atoms with Crippen LogP contribution in [0.15, 0.2) is 120 Å². The lowest BCUT2D eigenvalue weighted by atomic mass is 9.75. The van der Waals surface area contributed by atoms with E-state index in [2.05, 4.69) is 64.5 Å². The van der Waals surface area contributed by atoms with Gasteiger partial charge in [0.15, 0.2) is 0 Å². The van der Waals surface area contributed by atoms with E-state index in [1.807, 2.05) is 66.7 Å². The summed E-state index contributed by atoms with van der Waals surface area (Å²) in [6.45, 7) is 0. The molecule has 0 bridgehead atoms. The Labute approximate surface area is 180 Å². The van der Waals surface area contributed by atoms with Crippen molar-refractivity contribution in [2.24, 2.45) is 0 Å². The van der Waals surface area contributed by atoms with Crippen LogP contribution in [0.1, 0.15) is 34.6 Å². The molecule has 0 fully saturated rings. The molecule has 0 amide bonds. The maximum absolute atomic E-state index is 12.1. The highest BCUT2D eigenvalue weighted by Gasteiger charge is 2.35. The molecule has 4 aromatic carbocycles. The van der Waals surface area contributed by atoms with Gasteiger partial charge in [-0.25, -0.2) is 0 Å². The molecule has 4 aromatic rings. The summed E-state index contributed by atoms with van der Waals surface area (Å²) in [5, 5.41) is 12.1. The molecular formula is C27H23BrO. The quantitative estimate of drug-likeness (QED) is 0.343. The molecule has 0 spiro atoms. The molecule has 144 valence electrons. The first-order valence-electron chi connectivity index (χ1n) is 9.81. The predicted molar refractivity (Wildman–Crippen MR) is 123 cm³/mol. The zero-order valence-electron chi connectivity index (χ0n) is 16.1. The SMILES string of the molecule is OC(CC(c1ccccc1)c1ccc(Br)cc1)(c1ccccc1)c1ccccc1. The van der Waals surface area contributed by atoms with Crippen LogP contribution in [0.25, 0.3) is 0 Å². The Balaban J connectivity index is 1.84. The average Bonchev–Trinajstić information content (AvgIpc) is 2.80. The summed E-state index contributed by atoms with van der Waals surface area (Å²) >= 11 is 3.54. The van der Waals surface area contributed by atoms with Crippen LogP contribution >= 0.6 is 15.9 Å². The lowest BCUT2D eigenvalue weighted by Crippen LogP contribution is -2.30. The Morgan fingerprint density at radius 2 is 1.00 bits per heavy atom. The van der Waals surface area contributed by atoms with E-state index in [0.29, 0.717) is 6.42 Å². The monoisotopic (exact) mass is 442 g/mol. The lowest BCUT2D eigenvalue weighted by molar-refractivity contribution is 0.0664. The summed E-state index contributed by atoms with van der Waals surface area (Å²) < 4.78 is 1.05. The molecule has 0 radical (unpaired) electrons. The van der Waals surface area contributed by atoms with Crippen molar-refractivity contribution in [2.45, 2.75) is 17.9 Å². The summed E-state index contributed by atoms with van der Waals surface area (Å²) in [6.07, 6.45) is 0.548. The number of hydrogen-bond acceptors (Lipinski definition) is 1. The van der Waals surface area contributed by atoms with E-state index in [4.69, 9.17) is 0 Å². The average molecular weight is 443 g/mol. The highest BCUT2D eigenvalue weighted by molar-refractivity contribution is 9.10. The van der Waals surface area contributed by atoms with Gasteiger partial charge in [0.1, 0.15) is 5.60 Å². The van der Waals surface area contributed by atoms with Gasteiger partial charge in [0.25, 0.3) is 0 Å². The van der Waals surface area contributed by atoms with Gasteiger partial charge in [-0.15, -0.1) is 0 Å². The summed E-state index contributed by atoms with van der Waals surface area (Å²) in [5.74, 6) is 0.0507. The summed E-state index contributed by atoms with van der Waals surface area (Å²) in [4.78, 5) is 0. The van der Waals surface area contributed by atoms with Gasteiger partial charge in [0.2, 0.25) is 0 Å². The van der Waals surface area contributed by atoms with E-state index in [-0.39, 0.29) is 5.92 Å². The molecule has 0 heterocycles. The fourth-order valence-corrected chi connectivity index (χ4v) is 4.20. The molecule has 0 saturated heterocycles. The molecule has 0 aliphatic heterocycles. The second kappa shape index (κ2) is 8.77. The highest BCUT2D eigenvalue weighted by Crippen LogP contribution is 2.41. The van der Waals surface area contributed by atoms with Crippen molar-refractivity contribution in [1.29, 1.82) is 0 Å². The van der Waals surface area contributed by atoms with Crippen LogP contribution in [-0.2, 0) is 5.60 Å². The third kappa shape index (κ3) is 4.34. The number of halogens is 1. The van der Waals surface area contributed by atoms with E-state index >= 15 is 0 Å². The van der Waals surface area contributed by atoms with Gasteiger partial charge in [-0.1, -0.05) is 119 Å². The number of aliphatic hydroxyl groups is 1. The van der Waals surface area contributed by atoms with Crippen molar-refractivity contribution >= 4 is 15.9 Å². The number of rotatable bonds is 6. The Bertz CT molecular complexity index is 989. The fourth-order valence-electron chi connectivity index (χ4n) is 3.93. The van der Waals surface area contributed by atoms with Gasteiger partial charge < -0.3 is 5.11 Å². The van der Waals surface area contributed by atoms with Crippen LogP contribution in [0.4, 0.5) is 0 Å².